The van der Waals surface area contributed by atoms with Crippen LogP contribution >= 0.6 is 0 Å². The third-order valence-electron chi connectivity index (χ3n) is 5.52. The Balaban J connectivity index is 1.84. The van der Waals surface area contributed by atoms with Crippen molar-refractivity contribution in [2.24, 2.45) is 0 Å². The quantitative estimate of drug-likeness (QED) is 0.864. The molecule has 1 N–H and O–H groups in total. The topological polar surface area (TPSA) is 53.7 Å². The fourth-order valence-corrected chi connectivity index (χ4v) is 4.14. The summed E-state index contributed by atoms with van der Waals surface area (Å²) in [6.45, 7) is 3.91. The lowest BCUT2D eigenvalue weighted by molar-refractivity contribution is 0.151. The predicted molar refractivity (Wildman–Crippen MR) is 89.9 cm³/mol. The van der Waals surface area contributed by atoms with Crippen LogP contribution in [0.5, 0.6) is 5.75 Å². The summed E-state index contributed by atoms with van der Waals surface area (Å²) in [5.74, 6) is 0.233. The molecule has 0 bridgehead atoms. The molecular weight excluding hydrogens is 290 g/mol. The van der Waals surface area contributed by atoms with Crippen molar-refractivity contribution in [3.63, 3.8) is 0 Å². The lowest BCUT2D eigenvalue weighted by Crippen LogP contribution is -2.36. The number of rotatable bonds is 2. The largest absolute Gasteiger partial charge is 0.507 e. The first-order valence-corrected chi connectivity index (χ1v) is 8.68. The maximum atomic E-state index is 12.3. The first kappa shape index (κ1) is 14.8. The number of phenols is 1. The fraction of sp³-hybridized carbons (Fsp3) is 0.526. The van der Waals surface area contributed by atoms with Gasteiger partial charge in [-0.05, 0) is 63.3 Å². The Morgan fingerprint density at radius 2 is 2.04 bits per heavy atom. The smallest absolute Gasteiger partial charge is 0.339 e. The molecule has 2 aliphatic rings. The number of aryl methyl sites for hydroxylation is 1. The maximum Gasteiger partial charge on any atom is 0.339 e. The van der Waals surface area contributed by atoms with Crippen LogP contribution in [0.2, 0.25) is 0 Å². The van der Waals surface area contributed by atoms with Gasteiger partial charge in [0.05, 0.1) is 5.56 Å². The first-order chi connectivity index (χ1) is 11.1. The molecule has 0 spiro atoms. The molecule has 1 aromatic heterocycles. The highest BCUT2D eigenvalue weighted by Crippen LogP contribution is 2.34. The molecule has 0 radical (unpaired) electrons. The second kappa shape index (κ2) is 5.68. The van der Waals surface area contributed by atoms with Crippen molar-refractivity contribution in [3.05, 3.63) is 39.2 Å². The standard InChI is InChI=1S/C19H23NO3/c1-12-5-2-3-10-20(12)11-16-17(21)9-8-14-13-6-4-7-15(13)19(22)23-18(14)16/h8-9,12,21H,2-7,10-11H2,1H3/t12-/m1/s1. The third-order valence-corrected chi connectivity index (χ3v) is 5.52. The van der Waals surface area contributed by atoms with Gasteiger partial charge in [-0.3, -0.25) is 4.90 Å². The van der Waals surface area contributed by atoms with Gasteiger partial charge in [-0.1, -0.05) is 6.42 Å². The Bertz CT molecular complexity index is 808. The van der Waals surface area contributed by atoms with Crippen molar-refractivity contribution in [2.75, 3.05) is 6.54 Å². The van der Waals surface area contributed by atoms with E-state index in [4.69, 9.17) is 4.42 Å². The molecule has 4 rings (SSSR count). The van der Waals surface area contributed by atoms with Crippen LogP contribution in [0.1, 0.15) is 49.3 Å². The number of hydrogen-bond donors (Lipinski definition) is 1. The zero-order chi connectivity index (χ0) is 16.0. The number of likely N-dealkylation sites (tertiary alicyclic amines) is 1. The van der Waals surface area contributed by atoms with E-state index in [9.17, 15) is 9.90 Å². The number of benzene rings is 1. The summed E-state index contributed by atoms with van der Waals surface area (Å²) in [5.41, 5.74) is 3.10. The molecule has 1 aliphatic heterocycles. The van der Waals surface area contributed by atoms with Crippen LogP contribution in [0.15, 0.2) is 21.3 Å². The van der Waals surface area contributed by atoms with E-state index >= 15 is 0 Å². The van der Waals surface area contributed by atoms with Gasteiger partial charge in [0.1, 0.15) is 11.3 Å². The van der Waals surface area contributed by atoms with Crippen LogP contribution in [-0.2, 0) is 19.4 Å². The summed E-state index contributed by atoms with van der Waals surface area (Å²) in [7, 11) is 0. The number of hydrogen-bond acceptors (Lipinski definition) is 4. The monoisotopic (exact) mass is 313 g/mol. The highest BCUT2D eigenvalue weighted by atomic mass is 16.4. The molecular formula is C19H23NO3. The van der Waals surface area contributed by atoms with Crippen LogP contribution in [0.4, 0.5) is 0 Å². The molecule has 1 fully saturated rings. The number of fused-ring (bicyclic) bond motifs is 3. The molecule has 4 heteroatoms. The number of piperidine rings is 1. The number of aromatic hydroxyl groups is 1. The van der Waals surface area contributed by atoms with E-state index in [1.165, 1.54) is 19.3 Å². The number of nitrogens with zero attached hydrogens (tertiary/aromatic N) is 1. The Labute approximate surface area is 135 Å². The fourth-order valence-electron chi connectivity index (χ4n) is 4.14. The Kier molecular flexibility index (Phi) is 3.64. The summed E-state index contributed by atoms with van der Waals surface area (Å²) in [6, 6.07) is 4.16. The van der Waals surface area contributed by atoms with E-state index in [1.54, 1.807) is 6.07 Å². The Morgan fingerprint density at radius 3 is 2.87 bits per heavy atom. The van der Waals surface area contributed by atoms with Gasteiger partial charge in [0, 0.05) is 23.5 Å². The van der Waals surface area contributed by atoms with Crippen molar-refractivity contribution >= 4 is 11.0 Å². The molecule has 1 aliphatic carbocycles. The van der Waals surface area contributed by atoms with Crippen molar-refractivity contribution in [3.8, 4) is 5.75 Å². The summed E-state index contributed by atoms with van der Waals surface area (Å²) < 4.78 is 5.65. The van der Waals surface area contributed by atoms with E-state index < -0.39 is 0 Å². The third kappa shape index (κ3) is 2.45. The minimum absolute atomic E-state index is 0.219. The Morgan fingerprint density at radius 1 is 1.22 bits per heavy atom. The summed E-state index contributed by atoms with van der Waals surface area (Å²) in [5, 5.41) is 11.4. The van der Waals surface area contributed by atoms with Gasteiger partial charge >= 0.3 is 5.63 Å². The lowest BCUT2D eigenvalue weighted by Gasteiger charge is -2.33. The van der Waals surface area contributed by atoms with Crippen LogP contribution in [0.3, 0.4) is 0 Å². The molecule has 4 nitrogen and oxygen atoms in total. The van der Waals surface area contributed by atoms with Crippen LogP contribution in [0, 0.1) is 0 Å². The van der Waals surface area contributed by atoms with Gasteiger partial charge in [0.15, 0.2) is 0 Å². The summed E-state index contributed by atoms with van der Waals surface area (Å²) in [4.78, 5) is 14.7. The van der Waals surface area contributed by atoms with Crippen molar-refractivity contribution in [1.29, 1.82) is 0 Å². The lowest BCUT2D eigenvalue weighted by atomic mass is 10.00. The van der Waals surface area contributed by atoms with Gasteiger partial charge in [0.25, 0.3) is 0 Å². The molecule has 2 heterocycles. The molecule has 2 aromatic rings. The highest BCUT2D eigenvalue weighted by Gasteiger charge is 2.25. The van der Waals surface area contributed by atoms with E-state index in [0.29, 0.717) is 18.2 Å². The zero-order valence-electron chi connectivity index (χ0n) is 13.6. The van der Waals surface area contributed by atoms with Crippen LogP contribution in [-0.4, -0.2) is 22.6 Å². The average molecular weight is 313 g/mol. The first-order valence-electron chi connectivity index (χ1n) is 8.68. The molecule has 1 saturated heterocycles. The van der Waals surface area contributed by atoms with E-state index in [1.807, 2.05) is 6.07 Å². The summed E-state index contributed by atoms with van der Waals surface area (Å²) in [6.07, 6.45) is 6.40. The molecule has 1 atom stereocenters. The molecule has 0 unspecified atom stereocenters. The molecule has 0 amide bonds. The average Bonchev–Trinajstić information content (AvgIpc) is 3.03. The van der Waals surface area contributed by atoms with E-state index in [-0.39, 0.29) is 11.4 Å². The maximum absolute atomic E-state index is 12.3. The van der Waals surface area contributed by atoms with Crippen molar-refractivity contribution in [1.82, 2.24) is 4.90 Å². The van der Waals surface area contributed by atoms with Crippen molar-refractivity contribution < 1.29 is 9.52 Å². The second-order valence-corrected chi connectivity index (χ2v) is 6.96. The van der Waals surface area contributed by atoms with Crippen LogP contribution < -0.4 is 5.63 Å². The number of phenolic OH excluding ortho intramolecular Hbond substituents is 1. The normalized spacial score (nSPS) is 21.7. The van der Waals surface area contributed by atoms with Gasteiger partial charge in [-0.2, -0.15) is 0 Å². The van der Waals surface area contributed by atoms with Gasteiger partial charge in [-0.25, -0.2) is 4.79 Å². The molecule has 0 saturated carbocycles. The van der Waals surface area contributed by atoms with Gasteiger partial charge < -0.3 is 9.52 Å². The summed E-state index contributed by atoms with van der Waals surface area (Å²) >= 11 is 0. The van der Waals surface area contributed by atoms with Gasteiger partial charge in [0.2, 0.25) is 0 Å². The zero-order valence-corrected chi connectivity index (χ0v) is 13.6. The van der Waals surface area contributed by atoms with Crippen molar-refractivity contribution in [2.45, 2.75) is 58.0 Å². The minimum atomic E-state index is -0.219. The van der Waals surface area contributed by atoms with Gasteiger partial charge in [-0.15, -0.1) is 0 Å². The van der Waals surface area contributed by atoms with Crippen LogP contribution in [0.25, 0.3) is 11.0 Å². The second-order valence-electron chi connectivity index (χ2n) is 6.96. The SMILES string of the molecule is C[C@@H]1CCCCN1Cc1c(O)ccc2c3c(c(=O)oc12)CCC3. The highest BCUT2D eigenvalue weighted by molar-refractivity contribution is 5.86. The van der Waals surface area contributed by atoms with E-state index in [0.717, 1.165) is 47.9 Å². The molecule has 1 aromatic carbocycles. The Hall–Kier alpha value is -1.81. The minimum Gasteiger partial charge on any atom is -0.507 e. The molecule has 23 heavy (non-hydrogen) atoms. The van der Waals surface area contributed by atoms with E-state index in [2.05, 4.69) is 11.8 Å². The predicted octanol–water partition coefficient (Wildman–Crippen LogP) is 3.36. The molecule has 122 valence electrons.